The van der Waals surface area contributed by atoms with Crippen LogP contribution in [0.3, 0.4) is 0 Å². The zero-order chi connectivity index (χ0) is 20.8. The maximum atomic E-state index is 10.8. The van der Waals surface area contributed by atoms with Gasteiger partial charge in [-0.15, -0.1) is 0 Å². The third kappa shape index (κ3) is 12.9. The molecule has 0 radical (unpaired) electrons. The minimum Gasteiger partial charge on any atom is -0.356 e. The van der Waals surface area contributed by atoms with Crippen LogP contribution in [0, 0.1) is 17.8 Å². The largest absolute Gasteiger partial charge is 0.356 e. The van der Waals surface area contributed by atoms with Crippen LogP contribution in [-0.4, -0.2) is 30.7 Å². The van der Waals surface area contributed by atoms with Crippen molar-refractivity contribution in [3.8, 4) is 0 Å². The molecule has 2 aliphatic heterocycles. The number of carbonyl (C=O) groups is 3. The normalized spacial score (nSPS) is 29.1. The molecular formula is C23H42N2O3. The summed E-state index contributed by atoms with van der Waals surface area (Å²) in [6.45, 7) is 8.43. The molecule has 28 heavy (non-hydrogen) atoms. The van der Waals surface area contributed by atoms with Crippen LogP contribution in [0.4, 0.5) is 0 Å². The summed E-state index contributed by atoms with van der Waals surface area (Å²) in [6, 6.07) is 0. The summed E-state index contributed by atoms with van der Waals surface area (Å²) in [5.74, 6) is 3.23. The lowest BCUT2D eigenvalue weighted by atomic mass is 9.99. The highest BCUT2D eigenvalue weighted by atomic mass is 16.2. The second-order valence-corrected chi connectivity index (χ2v) is 8.99. The lowest BCUT2D eigenvalue weighted by Gasteiger charge is -2.15. The average Bonchev–Trinajstić information content (AvgIpc) is 2.94. The molecule has 0 aromatic rings. The fourth-order valence-corrected chi connectivity index (χ4v) is 3.69. The van der Waals surface area contributed by atoms with Gasteiger partial charge in [0.05, 0.1) is 0 Å². The second-order valence-electron chi connectivity index (χ2n) is 8.99. The summed E-state index contributed by atoms with van der Waals surface area (Å²) >= 11 is 0. The van der Waals surface area contributed by atoms with Crippen molar-refractivity contribution in [2.24, 2.45) is 17.8 Å². The Bertz CT molecular complexity index is 438. The summed E-state index contributed by atoms with van der Waals surface area (Å²) in [5.41, 5.74) is 0. The van der Waals surface area contributed by atoms with Gasteiger partial charge in [0.25, 0.3) is 0 Å². The van der Waals surface area contributed by atoms with Gasteiger partial charge in [-0.25, -0.2) is 0 Å². The van der Waals surface area contributed by atoms with E-state index in [-0.39, 0.29) is 11.8 Å². The first kappa shape index (κ1) is 24.6. The molecule has 2 amide bonds. The Kier molecular flexibility index (Phi) is 12.8. The smallest absolute Gasteiger partial charge is 0.220 e. The first-order chi connectivity index (χ1) is 13.4. The topological polar surface area (TPSA) is 75.3 Å². The van der Waals surface area contributed by atoms with E-state index in [1.807, 2.05) is 0 Å². The zero-order valence-corrected chi connectivity index (χ0v) is 18.4. The molecule has 3 aliphatic rings. The molecule has 2 N–H and O–H groups in total. The van der Waals surface area contributed by atoms with Crippen LogP contribution in [0.2, 0.25) is 0 Å². The van der Waals surface area contributed by atoms with E-state index in [4.69, 9.17) is 0 Å². The highest BCUT2D eigenvalue weighted by Gasteiger charge is 2.12. The van der Waals surface area contributed by atoms with Gasteiger partial charge in [0, 0.05) is 38.8 Å². The van der Waals surface area contributed by atoms with Crippen LogP contribution in [0.15, 0.2) is 0 Å². The molecule has 1 saturated carbocycles. The summed E-state index contributed by atoms with van der Waals surface area (Å²) < 4.78 is 0. The highest BCUT2D eigenvalue weighted by Crippen LogP contribution is 2.19. The van der Waals surface area contributed by atoms with E-state index in [9.17, 15) is 14.4 Å². The number of hydrogen-bond acceptors (Lipinski definition) is 3. The molecule has 0 aromatic heterocycles. The van der Waals surface area contributed by atoms with Crippen LogP contribution < -0.4 is 10.6 Å². The molecule has 5 nitrogen and oxygen atoms in total. The fraction of sp³-hybridized carbons (Fsp3) is 0.870. The minimum absolute atomic E-state index is 0.222. The van der Waals surface area contributed by atoms with Crippen LogP contribution >= 0.6 is 0 Å². The molecule has 0 spiro atoms. The van der Waals surface area contributed by atoms with E-state index < -0.39 is 0 Å². The van der Waals surface area contributed by atoms with Gasteiger partial charge in [0.2, 0.25) is 11.8 Å². The molecule has 3 rings (SSSR count). The van der Waals surface area contributed by atoms with E-state index in [1.165, 1.54) is 12.8 Å². The number of hydrogen-bond donors (Lipinski definition) is 2. The molecule has 5 heteroatoms. The second kappa shape index (κ2) is 14.6. The van der Waals surface area contributed by atoms with Crippen LogP contribution in [0.25, 0.3) is 0 Å². The molecule has 3 unspecified atom stereocenters. The molecule has 1 aliphatic carbocycles. The van der Waals surface area contributed by atoms with Crippen LogP contribution in [0.5, 0.6) is 0 Å². The first-order valence-corrected chi connectivity index (χ1v) is 11.4. The van der Waals surface area contributed by atoms with Gasteiger partial charge >= 0.3 is 0 Å². The SMILES string of the molecule is CC1CCCC(=O)CC1.CC1CCCC(=O)NCC1.CC1CCNC(=O)CC1. The summed E-state index contributed by atoms with van der Waals surface area (Å²) in [7, 11) is 0. The van der Waals surface area contributed by atoms with Gasteiger partial charge in [0.1, 0.15) is 5.78 Å². The van der Waals surface area contributed by atoms with Gasteiger partial charge in [-0.3, -0.25) is 14.4 Å². The molecule has 3 atom stereocenters. The number of nitrogens with one attached hydrogen (secondary N) is 2. The minimum atomic E-state index is 0.222. The first-order valence-electron chi connectivity index (χ1n) is 11.4. The summed E-state index contributed by atoms with van der Waals surface area (Å²) in [6.07, 6.45) is 12.3. The fourth-order valence-electron chi connectivity index (χ4n) is 3.69. The molecule has 162 valence electrons. The van der Waals surface area contributed by atoms with Crippen molar-refractivity contribution < 1.29 is 14.4 Å². The Labute approximate surface area is 171 Å². The monoisotopic (exact) mass is 394 g/mol. The molecular weight excluding hydrogens is 352 g/mol. The lowest BCUT2D eigenvalue weighted by molar-refractivity contribution is -0.122. The van der Waals surface area contributed by atoms with Gasteiger partial charge in [-0.2, -0.15) is 0 Å². The Morgan fingerprint density at radius 2 is 1.04 bits per heavy atom. The summed E-state index contributed by atoms with van der Waals surface area (Å²) in [4.78, 5) is 32.4. The van der Waals surface area contributed by atoms with E-state index in [0.717, 1.165) is 95.1 Å². The van der Waals surface area contributed by atoms with Gasteiger partial charge < -0.3 is 10.6 Å². The van der Waals surface area contributed by atoms with Crippen LogP contribution in [0.1, 0.15) is 97.8 Å². The van der Waals surface area contributed by atoms with Crippen LogP contribution in [-0.2, 0) is 14.4 Å². The molecule has 0 aromatic carbocycles. The highest BCUT2D eigenvalue weighted by molar-refractivity contribution is 5.78. The lowest BCUT2D eigenvalue weighted by Crippen LogP contribution is -2.27. The van der Waals surface area contributed by atoms with Crippen molar-refractivity contribution in [3.05, 3.63) is 0 Å². The van der Waals surface area contributed by atoms with Crippen molar-refractivity contribution in [1.29, 1.82) is 0 Å². The number of carbonyl (C=O) groups excluding carboxylic acids is 3. The van der Waals surface area contributed by atoms with E-state index in [1.54, 1.807) is 0 Å². The summed E-state index contributed by atoms with van der Waals surface area (Å²) in [5, 5.41) is 5.71. The van der Waals surface area contributed by atoms with Gasteiger partial charge in [-0.05, 0) is 56.3 Å². The van der Waals surface area contributed by atoms with Crippen molar-refractivity contribution in [2.45, 2.75) is 97.8 Å². The Morgan fingerprint density at radius 3 is 1.68 bits per heavy atom. The molecule has 2 heterocycles. The van der Waals surface area contributed by atoms with E-state index in [0.29, 0.717) is 5.78 Å². The Hall–Kier alpha value is -1.39. The van der Waals surface area contributed by atoms with E-state index >= 15 is 0 Å². The third-order valence-corrected chi connectivity index (χ3v) is 5.95. The molecule has 0 bridgehead atoms. The predicted molar refractivity (Wildman–Crippen MR) is 114 cm³/mol. The molecule has 2 saturated heterocycles. The number of amides is 2. The Balaban J connectivity index is 0.000000210. The predicted octanol–water partition coefficient (Wildman–Crippen LogP) is 4.39. The maximum Gasteiger partial charge on any atom is 0.220 e. The Morgan fingerprint density at radius 1 is 0.571 bits per heavy atom. The molecule has 3 fully saturated rings. The van der Waals surface area contributed by atoms with E-state index in [2.05, 4.69) is 31.4 Å². The van der Waals surface area contributed by atoms with Crippen molar-refractivity contribution in [3.63, 3.8) is 0 Å². The van der Waals surface area contributed by atoms with Crippen molar-refractivity contribution in [2.75, 3.05) is 13.1 Å². The van der Waals surface area contributed by atoms with Crippen molar-refractivity contribution >= 4 is 17.6 Å². The number of ketones is 1. The third-order valence-electron chi connectivity index (χ3n) is 5.95. The standard InChI is InChI=1S/C8H15NO.C8H14O.C7H13NO/c1-7-3-2-4-8(10)9-6-5-7;1-7-3-2-4-8(9)6-5-7;1-6-2-3-7(9)8-5-4-6/h7H,2-6H2,1H3,(H,9,10);7H,2-6H2,1H3;6H,2-5H2,1H3,(H,8,9). The number of Topliss-reactive ketones (excluding diaryl/α,β-unsaturated/α-hetero) is 1. The van der Waals surface area contributed by atoms with Gasteiger partial charge in [-0.1, -0.05) is 33.6 Å². The maximum absolute atomic E-state index is 10.8. The number of rotatable bonds is 0. The van der Waals surface area contributed by atoms with Gasteiger partial charge in [0.15, 0.2) is 0 Å². The zero-order valence-electron chi connectivity index (χ0n) is 18.4. The van der Waals surface area contributed by atoms with Crippen molar-refractivity contribution in [1.82, 2.24) is 10.6 Å². The average molecular weight is 395 g/mol. The quantitative estimate of drug-likeness (QED) is 0.598.